The van der Waals surface area contributed by atoms with Gasteiger partial charge in [-0.05, 0) is 49.7 Å². The fraction of sp³-hybridized carbons (Fsp3) is 0.200. The van der Waals surface area contributed by atoms with E-state index in [1.165, 1.54) is 0 Å². The molecule has 0 atom stereocenters. The van der Waals surface area contributed by atoms with E-state index in [-0.39, 0.29) is 0 Å². The zero-order valence-electron chi connectivity index (χ0n) is 15.0. The maximum absolute atomic E-state index is 6.03. The van der Waals surface area contributed by atoms with E-state index in [1.54, 1.807) is 0 Å². The number of rotatable bonds is 4. The fourth-order valence-corrected chi connectivity index (χ4v) is 3.07. The molecular formula is C20H19ClN4O2. The third-order valence-corrected chi connectivity index (χ3v) is 4.34. The Bertz CT molecular complexity index is 994. The molecule has 1 aromatic heterocycles. The van der Waals surface area contributed by atoms with E-state index >= 15 is 0 Å². The zero-order valence-corrected chi connectivity index (χ0v) is 15.8. The fourth-order valence-electron chi connectivity index (χ4n) is 2.84. The number of aromatic nitrogens is 2. The van der Waals surface area contributed by atoms with Crippen molar-refractivity contribution in [1.29, 1.82) is 0 Å². The van der Waals surface area contributed by atoms with E-state index in [4.69, 9.17) is 21.1 Å². The summed E-state index contributed by atoms with van der Waals surface area (Å²) in [5.74, 6) is 2.67. The van der Waals surface area contributed by atoms with E-state index in [0.717, 1.165) is 28.4 Å². The van der Waals surface area contributed by atoms with Crippen LogP contribution in [0.2, 0.25) is 5.02 Å². The van der Waals surface area contributed by atoms with Crippen LogP contribution in [0, 0.1) is 13.8 Å². The van der Waals surface area contributed by atoms with E-state index in [9.17, 15) is 0 Å². The number of benzene rings is 2. The van der Waals surface area contributed by atoms with Crippen LogP contribution >= 0.6 is 11.6 Å². The monoisotopic (exact) mass is 382 g/mol. The lowest BCUT2D eigenvalue weighted by Crippen LogP contribution is -2.15. The van der Waals surface area contributed by atoms with Crippen LogP contribution in [0.5, 0.6) is 11.5 Å². The number of anilines is 4. The van der Waals surface area contributed by atoms with Crippen LogP contribution in [0.15, 0.2) is 42.5 Å². The molecule has 0 aliphatic carbocycles. The number of halogens is 1. The minimum atomic E-state index is 0.501. The van der Waals surface area contributed by atoms with Gasteiger partial charge in [0.15, 0.2) is 11.5 Å². The number of ether oxygens (including phenoxy) is 2. The van der Waals surface area contributed by atoms with Gasteiger partial charge in [0, 0.05) is 34.2 Å². The van der Waals surface area contributed by atoms with Gasteiger partial charge in [-0.25, -0.2) is 4.98 Å². The molecule has 1 aliphatic rings. The first-order valence-corrected chi connectivity index (χ1v) is 9.00. The van der Waals surface area contributed by atoms with E-state index in [1.807, 2.05) is 56.3 Å². The summed E-state index contributed by atoms with van der Waals surface area (Å²) in [6.07, 6.45) is 0. The first-order valence-electron chi connectivity index (χ1n) is 8.62. The highest BCUT2D eigenvalue weighted by atomic mass is 35.5. The number of nitrogens with one attached hydrogen (secondary N) is 2. The summed E-state index contributed by atoms with van der Waals surface area (Å²) < 4.78 is 11.2. The summed E-state index contributed by atoms with van der Waals surface area (Å²) in [5, 5.41) is 7.25. The Labute approximate surface area is 162 Å². The van der Waals surface area contributed by atoms with Crippen molar-refractivity contribution in [2.24, 2.45) is 0 Å². The topological polar surface area (TPSA) is 68.3 Å². The third-order valence-electron chi connectivity index (χ3n) is 4.10. The van der Waals surface area contributed by atoms with Crippen molar-refractivity contribution in [1.82, 2.24) is 9.97 Å². The molecule has 0 spiro atoms. The smallest absolute Gasteiger partial charge is 0.229 e. The average molecular weight is 383 g/mol. The molecule has 4 rings (SSSR count). The molecule has 0 amide bonds. The molecule has 7 heteroatoms. The first kappa shape index (κ1) is 17.4. The Balaban J connectivity index is 1.57. The van der Waals surface area contributed by atoms with Crippen molar-refractivity contribution in [2.75, 3.05) is 23.8 Å². The Morgan fingerprint density at radius 3 is 2.52 bits per heavy atom. The molecule has 0 radical (unpaired) electrons. The maximum atomic E-state index is 6.03. The molecule has 0 bridgehead atoms. The molecule has 6 nitrogen and oxygen atoms in total. The molecule has 0 saturated heterocycles. The second-order valence-electron chi connectivity index (χ2n) is 6.29. The van der Waals surface area contributed by atoms with Crippen molar-refractivity contribution < 1.29 is 9.47 Å². The highest BCUT2D eigenvalue weighted by Crippen LogP contribution is 2.33. The average Bonchev–Trinajstić information content (AvgIpc) is 2.63. The van der Waals surface area contributed by atoms with E-state index in [0.29, 0.717) is 35.8 Å². The van der Waals surface area contributed by atoms with Crippen LogP contribution in [0.3, 0.4) is 0 Å². The van der Waals surface area contributed by atoms with Crippen LogP contribution in [0.1, 0.15) is 11.3 Å². The van der Waals surface area contributed by atoms with Gasteiger partial charge in [-0.3, -0.25) is 0 Å². The summed E-state index contributed by atoms with van der Waals surface area (Å²) in [4.78, 5) is 9.03. The van der Waals surface area contributed by atoms with E-state index in [2.05, 4.69) is 20.6 Å². The summed E-state index contributed by atoms with van der Waals surface area (Å²) in [7, 11) is 0. The molecule has 0 fully saturated rings. The largest absolute Gasteiger partial charge is 0.486 e. The zero-order chi connectivity index (χ0) is 18.8. The molecule has 138 valence electrons. The van der Waals surface area contributed by atoms with Gasteiger partial charge in [0.25, 0.3) is 0 Å². The standard InChI is InChI=1S/C20H19ClN4O2/c1-12-9-14(21)3-5-16(12)24-19-10-13(2)22-20(25-19)23-15-4-6-17-18(11-15)27-8-7-26-17/h3-6,9-11H,7-8H2,1-2H3,(H2,22,23,24,25). The Morgan fingerprint density at radius 1 is 0.889 bits per heavy atom. The lowest BCUT2D eigenvalue weighted by molar-refractivity contribution is 0.171. The summed E-state index contributed by atoms with van der Waals surface area (Å²) in [6, 6.07) is 13.3. The summed E-state index contributed by atoms with van der Waals surface area (Å²) in [5.41, 5.74) is 3.67. The van der Waals surface area contributed by atoms with Crippen LogP contribution < -0.4 is 20.1 Å². The number of fused-ring (bicyclic) bond motifs is 1. The van der Waals surface area contributed by atoms with Crippen LogP contribution in [0.25, 0.3) is 0 Å². The van der Waals surface area contributed by atoms with Crippen LogP contribution in [-0.4, -0.2) is 23.2 Å². The Kier molecular flexibility index (Phi) is 4.73. The molecule has 2 aromatic carbocycles. The van der Waals surface area contributed by atoms with E-state index < -0.39 is 0 Å². The van der Waals surface area contributed by atoms with Crippen LogP contribution in [0.4, 0.5) is 23.1 Å². The van der Waals surface area contributed by atoms with Crippen LogP contribution in [-0.2, 0) is 0 Å². The minimum Gasteiger partial charge on any atom is -0.486 e. The van der Waals surface area contributed by atoms with Gasteiger partial charge in [-0.2, -0.15) is 4.98 Å². The SMILES string of the molecule is Cc1cc(Nc2ccc(Cl)cc2C)nc(Nc2ccc3c(c2)OCCO3)n1. The molecule has 27 heavy (non-hydrogen) atoms. The number of hydrogen-bond acceptors (Lipinski definition) is 6. The predicted molar refractivity (Wildman–Crippen MR) is 107 cm³/mol. The number of nitrogens with zero attached hydrogens (tertiary/aromatic N) is 2. The minimum absolute atomic E-state index is 0.501. The lowest BCUT2D eigenvalue weighted by atomic mass is 10.2. The second kappa shape index (κ2) is 7.32. The normalized spacial score (nSPS) is 12.6. The number of hydrogen-bond donors (Lipinski definition) is 2. The predicted octanol–water partition coefficient (Wildman–Crippen LogP) is 5.01. The molecular weight excluding hydrogens is 364 g/mol. The molecule has 2 N–H and O–H groups in total. The number of aryl methyl sites for hydroxylation is 2. The highest BCUT2D eigenvalue weighted by Gasteiger charge is 2.12. The molecule has 0 saturated carbocycles. The van der Waals surface area contributed by atoms with Gasteiger partial charge in [0.05, 0.1) is 0 Å². The molecule has 2 heterocycles. The maximum Gasteiger partial charge on any atom is 0.229 e. The first-order chi connectivity index (χ1) is 13.1. The molecule has 3 aromatic rings. The van der Waals surface area contributed by atoms with Gasteiger partial charge in [-0.1, -0.05) is 11.6 Å². The Hall–Kier alpha value is -2.99. The van der Waals surface area contributed by atoms with Crippen molar-refractivity contribution in [3.05, 3.63) is 58.7 Å². The quantitative estimate of drug-likeness (QED) is 0.661. The van der Waals surface area contributed by atoms with Gasteiger partial charge < -0.3 is 20.1 Å². The molecule has 1 aliphatic heterocycles. The third kappa shape index (κ3) is 4.06. The summed E-state index contributed by atoms with van der Waals surface area (Å²) in [6.45, 7) is 5.04. The van der Waals surface area contributed by atoms with Crippen molar-refractivity contribution in [2.45, 2.75) is 13.8 Å². The van der Waals surface area contributed by atoms with Gasteiger partial charge in [-0.15, -0.1) is 0 Å². The highest BCUT2D eigenvalue weighted by molar-refractivity contribution is 6.30. The van der Waals surface area contributed by atoms with Gasteiger partial charge in [0.2, 0.25) is 5.95 Å². The van der Waals surface area contributed by atoms with Crippen molar-refractivity contribution >= 4 is 34.7 Å². The second-order valence-corrected chi connectivity index (χ2v) is 6.72. The Morgan fingerprint density at radius 2 is 1.70 bits per heavy atom. The molecule has 0 unspecified atom stereocenters. The van der Waals surface area contributed by atoms with Crippen molar-refractivity contribution in [3.8, 4) is 11.5 Å². The lowest BCUT2D eigenvalue weighted by Gasteiger charge is -2.19. The van der Waals surface area contributed by atoms with Gasteiger partial charge in [0.1, 0.15) is 19.0 Å². The summed E-state index contributed by atoms with van der Waals surface area (Å²) >= 11 is 6.03. The van der Waals surface area contributed by atoms with Crippen molar-refractivity contribution in [3.63, 3.8) is 0 Å². The van der Waals surface area contributed by atoms with Gasteiger partial charge >= 0.3 is 0 Å².